The van der Waals surface area contributed by atoms with Crippen molar-refractivity contribution in [3.05, 3.63) is 47.4 Å². The van der Waals surface area contributed by atoms with Gasteiger partial charge in [0.25, 0.3) is 5.91 Å². The zero-order valence-corrected chi connectivity index (χ0v) is 9.84. The van der Waals surface area contributed by atoms with Crippen molar-refractivity contribution in [2.75, 3.05) is 5.32 Å². The van der Waals surface area contributed by atoms with Gasteiger partial charge in [0.05, 0.1) is 17.5 Å². The summed E-state index contributed by atoms with van der Waals surface area (Å²) in [6.45, 7) is 6.21. The van der Waals surface area contributed by atoms with E-state index in [1.165, 1.54) is 0 Å². The molecule has 0 spiro atoms. The van der Waals surface area contributed by atoms with Gasteiger partial charge in [-0.2, -0.15) is 4.39 Å². The highest BCUT2D eigenvalue weighted by atomic mass is 35.5. The molecule has 0 saturated heterocycles. The van der Waals surface area contributed by atoms with Crippen LogP contribution in [0.15, 0.2) is 41.4 Å². The van der Waals surface area contributed by atoms with Crippen molar-refractivity contribution in [2.45, 2.75) is 0 Å². The smallest absolute Gasteiger partial charge is 0.260 e. The maximum atomic E-state index is 13.1. The van der Waals surface area contributed by atoms with Crippen LogP contribution in [0.3, 0.4) is 0 Å². The average Bonchev–Trinajstić information content (AvgIpc) is 2.34. The second-order valence-corrected chi connectivity index (χ2v) is 3.38. The third kappa shape index (κ3) is 3.21. The van der Waals surface area contributed by atoms with Gasteiger partial charge in [0.15, 0.2) is 11.0 Å². The topological polar surface area (TPSA) is 54.4 Å². The molecule has 0 aliphatic rings. The van der Waals surface area contributed by atoms with Crippen molar-refractivity contribution in [3.63, 3.8) is 0 Å². The second-order valence-electron chi connectivity index (χ2n) is 3.02. The number of anilines is 1. The molecule has 0 fully saturated rings. The molecule has 0 radical (unpaired) electrons. The zero-order chi connectivity index (χ0) is 13.7. The molecular formula is C11H8ClF2N3O. The summed E-state index contributed by atoms with van der Waals surface area (Å²) in [4.78, 5) is 18.0. The number of carbonyl (C=O) groups is 1. The Balaban J connectivity index is 2.97. The molecule has 0 aliphatic carbocycles. The van der Waals surface area contributed by atoms with Crippen LogP contribution < -0.4 is 5.32 Å². The number of nitrogens with zero attached hydrogens (tertiary/aromatic N) is 2. The third-order valence-corrected chi connectivity index (χ3v) is 2.14. The van der Waals surface area contributed by atoms with Crippen LogP contribution in [-0.4, -0.2) is 17.6 Å². The van der Waals surface area contributed by atoms with E-state index in [4.69, 9.17) is 11.6 Å². The Hall–Kier alpha value is -2.08. The van der Waals surface area contributed by atoms with Gasteiger partial charge in [-0.1, -0.05) is 24.3 Å². The van der Waals surface area contributed by atoms with Crippen molar-refractivity contribution >= 4 is 29.9 Å². The lowest BCUT2D eigenvalue weighted by Gasteiger charge is -2.05. The Kier molecular flexibility index (Phi) is 4.67. The van der Waals surface area contributed by atoms with E-state index in [9.17, 15) is 13.6 Å². The lowest BCUT2D eigenvalue weighted by atomic mass is 10.2. The number of pyridine rings is 1. The lowest BCUT2D eigenvalue weighted by molar-refractivity contribution is -0.112. The standard InChI is InChI=1S/C11H8ClF2N3O/c1-3-7(10(14)15-2)11(18)17-6-4-8(13)9(12)16-5-6/h3-5H,1-2H2,(H,17,18)/b10-7+. The van der Waals surface area contributed by atoms with E-state index >= 15 is 0 Å². The van der Waals surface area contributed by atoms with Crippen molar-refractivity contribution in [3.8, 4) is 0 Å². The molecule has 1 heterocycles. The first-order valence-electron chi connectivity index (χ1n) is 4.61. The minimum Gasteiger partial charge on any atom is -0.320 e. The van der Waals surface area contributed by atoms with Crippen molar-refractivity contribution in [1.82, 2.24) is 4.98 Å². The molecule has 0 bridgehead atoms. The predicted octanol–water partition coefficient (Wildman–Crippen LogP) is 2.88. The van der Waals surface area contributed by atoms with Crippen LogP contribution in [0.25, 0.3) is 0 Å². The van der Waals surface area contributed by atoms with E-state index in [1.807, 2.05) is 0 Å². The second kappa shape index (κ2) is 6.02. The largest absolute Gasteiger partial charge is 0.320 e. The SMILES string of the molecule is C=C/C(C(=O)Nc1cnc(Cl)c(F)c1)=C(/F)N=C. The van der Waals surface area contributed by atoms with E-state index in [0.717, 1.165) is 18.3 Å². The maximum Gasteiger partial charge on any atom is 0.260 e. The Morgan fingerprint density at radius 3 is 2.78 bits per heavy atom. The molecule has 1 aromatic heterocycles. The normalized spacial score (nSPS) is 11.5. The Bertz CT molecular complexity index is 543. The number of hydrogen-bond donors (Lipinski definition) is 1. The Morgan fingerprint density at radius 2 is 2.28 bits per heavy atom. The fraction of sp³-hybridized carbons (Fsp3) is 0. The molecule has 1 N–H and O–H groups in total. The lowest BCUT2D eigenvalue weighted by Crippen LogP contribution is -2.14. The summed E-state index contributed by atoms with van der Waals surface area (Å²) < 4.78 is 26.2. The van der Waals surface area contributed by atoms with Gasteiger partial charge in [-0.15, -0.1) is 0 Å². The first-order valence-corrected chi connectivity index (χ1v) is 4.98. The highest BCUT2D eigenvalue weighted by Crippen LogP contribution is 2.17. The molecule has 4 nitrogen and oxygen atoms in total. The van der Waals surface area contributed by atoms with E-state index in [0.29, 0.717) is 0 Å². The van der Waals surface area contributed by atoms with E-state index in [1.54, 1.807) is 0 Å². The molecule has 1 aromatic rings. The van der Waals surface area contributed by atoms with Crippen LogP contribution in [0.5, 0.6) is 0 Å². The van der Waals surface area contributed by atoms with E-state index < -0.39 is 23.2 Å². The third-order valence-electron chi connectivity index (χ3n) is 1.86. The van der Waals surface area contributed by atoms with Gasteiger partial charge in [0.1, 0.15) is 0 Å². The number of hydrogen-bond acceptors (Lipinski definition) is 3. The molecular weight excluding hydrogens is 264 g/mol. The minimum absolute atomic E-state index is 0.0260. The molecule has 94 valence electrons. The van der Waals surface area contributed by atoms with Crippen LogP contribution in [-0.2, 0) is 4.79 Å². The fourth-order valence-corrected chi connectivity index (χ4v) is 1.15. The van der Waals surface area contributed by atoms with Gasteiger partial charge in [0.2, 0.25) is 5.95 Å². The van der Waals surface area contributed by atoms with Crippen LogP contribution in [0, 0.1) is 5.82 Å². The van der Waals surface area contributed by atoms with E-state index in [-0.39, 0.29) is 10.8 Å². The first-order chi connectivity index (χ1) is 8.49. The molecule has 0 aromatic carbocycles. The van der Waals surface area contributed by atoms with Crippen LogP contribution in [0.1, 0.15) is 0 Å². The van der Waals surface area contributed by atoms with Crippen LogP contribution >= 0.6 is 11.6 Å². The van der Waals surface area contributed by atoms with E-state index in [2.05, 4.69) is 28.6 Å². The van der Waals surface area contributed by atoms with Gasteiger partial charge < -0.3 is 5.32 Å². The molecule has 0 saturated carbocycles. The van der Waals surface area contributed by atoms with Crippen LogP contribution in [0.4, 0.5) is 14.5 Å². The quantitative estimate of drug-likeness (QED) is 0.301. The average molecular weight is 272 g/mol. The Labute approximate surface area is 107 Å². The van der Waals surface area contributed by atoms with Gasteiger partial charge in [-0.05, 0) is 6.72 Å². The summed E-state index contributed by atoms with van der Waals surface area (Å²) in [5.41, 5.74) is -0.390. The van der Waals surface area contributed by atoms with Gasteiger partial charge in [0, 0.05) is 6.07 Å². The number of halogens is 3. The van der Waals surface area contributed by atoms with Gasteiger partial charge in [-0.3, -0.25) is 4.79 Å². The maximum absolute atomic E-state index is 13.1. The van der Waals surface area contributed by atoms with Crippen LogP contribution in [0.2, 0.25) is 5.15 Å². The predicted molar refractivity (Wildman–Crippen MR) is 65.7 cm³/mol. The minimum atomic E-state index is -1.08. The van der Waals surface area contributed by atoms with Gasteiger partial charge in [-0.25, -0.2) is 14.4 Å². The monoisotopic (exact) mass is 271 g/mol. The fourth-order valence-electron chi connectivity index (χ4n) is 1.04. The van der Waals surface area contributed by atoms with Crippen molar-refractivity contribution in [1.29, 1.82) is 0 Å². The summed E-state index contributed by atoms with van der Waals surface area (Å²) in [6.07, 6.45) is 2.10. The molecule has 0 aliphatic heterocycles. The molecule has 1 rings (SSSR count). The number of aromatic nitrogens is 1. The first kappa shape index (κ1) is 14.0. The summed E-state index contributed by atoms with van der Waals surface area (Å²) in [6, 6.07) is 0.952. The zero-order valence-electron chi connectivity index (χ0n) is 9.08. The number of rotatable bonds is 4. The summed E-state index contributed by atoms with van der Waals surface area (Å²) >= 11 is 5.37. The summed E-state index contributed by atoms with van der Waals surface area (Å²) in [5.74, 6) is -2.73. The number of amides is 1. The molecule has 7 heteroatoms. The highest BCUT2D eigenvalue weighted by molar-refractivity contribution is 6.29. The van der Waals surface area contributed by atoms with Gasteiger partial charge >= 0.3 is 0 Å². The Morgan fingerprint density at radius 1 is 1.61 bits per heavy atom. The number of carbonyl (C=O) groups excluding carboxylic acids is 1. The molecule has 0 unspecified atom stereocenters. The molecule has 1 amide bonds. The summed E-state index contributed by atoms with van der Waals surface area (Å²) in [7, 11) is 0. The van der Waals surface area contributed by atoms with Crippen molar-refractivity contribution in [2.24, 2.45) is 4.99 Å². The molecule has 18 heavy (non-hydrogen) atoms. The number of nitrogens with one attached hydrogen (secondary N) is 1. The molecule has 0 atom stereocenters. The van der Waals surface area contributed by atoms with Crippen molar-refractivity contribution < 1.29 is 13.6 Å². The number of aliphatic imine (C=N–C) groups is 1. The summed E-state index contributed by atoms with van der Waals surface area (Å²) in [5, 5.41) is 1.89. The highest BCUT2D eigenvalue weighted by Gasteiger charge is 2.13.